The summed E-state index contributed by atoms with van der Waals surface area (Å²) >= 11 is 0. The maximum Gasteiger partial charge on any atom is 0.307 e. The molecule has 0 atom stereocenters. The predicted molar refractivity (Wildman–Crippen MR) is 69.1 cm³/mol. The summed E-state index contributed by atoms with van der Waals surface area (Å²) in [6.45, 7) is 1.75. The van der Waals surface area contributed by atoms with Crippen LogP contribution in [0.15, 0.2) is 30.5 Å². The van der Waals surface area contributed by atoms with Crippen LogP contribution < -0.4 is 5.32 Å². The van der Waals surface area contributed by atoms with E-state index in [1.807, 2.05) is 0 Å². The molecule has 0 radical (unpaired) electrons. The fourth-order valence-corrected chi connectivity index (χ4v) is 1.71. The Morgan fingerprint density at radius 3 is 2.84 bits per heavy atom. The van der Waals surface area contributed by atoms with Crippen LogP contribution in [0.3, 0.4) is 0 Å². The summed E-state index contributed by atoms with van der Waals surface area (Å²) in [5.41, 5.74) is 2.33. The number of nitrogens with zero attached hydrogens (tertiary/aromatic N) is 1. The van der Waals surface area contributed by atoms with E-state index < -0.39 is 5.97 Å². The quantitative estimate of drug-likeness (QED) is 0.777. The molecule has 1 aromatic carbocycles. The number of benzene rings is 1. The number of amides is 1. The number of carbonyl (C=O) groups excluding carboxylic acids is 1. The highest BCUT2D eigenvalue weighted by atomic mass is 16.4. The highest BCUT2D eigenvalue weighted by Crippen LogP contribution is 2.13. The molecule has 1 heterocycles. The lowest BCUT2D eigenvalue weighted by molar-refractivity contribution is -0.136. The molecule has 2 aromatic rings. The molecule has 2 rings (SSSR count). The predicted octanol–water partition coefficient (Wildman–Crippen LogP) is 1.60. The monoisotopic (exact) mass is 259 g/mol. The normalized spacial score (nSPS) is 10.2. The molecule has 0 aliphatic carbocycles. The molecule has 1 amide bonds. The Labute approximate surface area is 109 Å². The maximum absolute atomic E-state index is 11.9. The van der Waals surface area contributed by atoms with Crippen molar-refractivity contribution in [3.63, 3.8) is 0 Å². The number of carboxylic acid groups (broad SMARTS) is 1. The van der Waals surface area contributed by atoms with Crippen LogP contribution in [0.5, 0.6) is 0 Å². The molecule has 0 saturated carbocycles. The van der Waals surface area contributed by atoms with Crippen LogP contribution in [0.2, 0.25) is 0 Å². The number of aliphatic carboxylic acids is 1. The summed E-state index contributed by atoms with van der Waals surface area (Å²) in [5, 5.41) is 17.9. The van der Waals surface area contributed by atoms with E-state index in [0.29, 0.717) is 22.5 Å². The summed E-state index contributed by atoms with van der Waals surface area (Å²) in [4.78, 5) is 22.6. The number of nitrogens with one attached hydrogen (secondary N) is 2. The van der Waals surface area contributed by atoms with Gasteiger partial charge in [-0.2, -0.15) is 5.10 Å². The molecule has 0 bridgehead atoms. The third kappa shape index (κ3) is 3.19. The van der Waals surface area contributed by atoms with E-state index >= 15 is 0 Å². The first-order valence-corrected chi connectivity index (χ1v) is 5.68. The van der Waals surface area contributed by atoms with Gasteiger partial charge in [-0.05, 0) is 24.6 Å². The van der Waals surface area contributed by atoms with E-state index in [1.165, 1.54) is 6.20 Å². The first kappa shape index (κ1) is 12.8. The van der Waals surface area contributed by atoms with Crippen molar-refractivity contribution in [1.82, 2.24) is 10.2 Å². The molecule has 6 nitrogen and oxygen atoms in total. The molecule has 98 valence electrons. The number of hydrogen-bond acceptors (Lipinski definition) is 3. The van der Waals surface area contributed by atoms with Crippen molar-refractivity contribution in [2.75, 3.05) is 5.32 Å². The van der Waals surface area contributed by atoms with Gasteiger partial charge in [0.15, 0.2) is 0 Å². The van der Waals surface area contributed by atoms with Crippen molar-refractivity contribution in [2.45, 2.75) is 13.3 Å². The summed E-state index contributed by atoms with van der Waals surface area (Å²) in [7, 11) is 0. The molecule has 0 aliphatic rings. The second-order valence-electron chi connectivity index (χ2n) is 4.13. The van der Waals surface area contributed by atoms with E-state index in [0.717, 1.165) is 0 Å². The molecule has 0 aliphatic heterocycles. The minimum absolute atomic E-state index is 0.0750. The van der Waals surface area contributed by atoms with Gasteiger partial charge in [0.1, 0.15) is 0 Å². The Morgan fingerprint density at radius 1 is 1.42 bits per heavy atom. The first-order valence-electron chi connectivity index (χ1n) is 5.68. The van der Waals surface area contributed by atoms with Crippen molar-refractivity contribution in [2.24, 2.45) is 0 Å². The van der Waals surface area contributed by atoms with Gasteiger partial charge in [0.2, 0.25) is 0 Å². The topological polar surface area (TPSA) is 95.1 Å². The number of rotatable bonds is 4. The molecule has 3 N–H and O–H groups in total. The van der Waals surface area contributed by atoms with E-state index in [9.17, 15) is 9.59 Å². The van der Waals surface area contributed by atoms with E-state index in [4.69, 9.17) is 5.11 Å². The number of aryl methyl sites for hydroxylation is 1. The zero-order valence-electron chi connectivity index (χ0n) is 10.3. The molecule has 19 heavy (non-hydrogen) atoms. The fraction of sp³-hybridized carbons (Fsp3) is 0.154. The average Bonchev–Trinajstić information content (AvgIpc) is 2.75. The zero-order chi connectivity index (χ0) is 13.8. The summed E-state index contributed by atoms with van der Waals surface area (Å²) in [6, 6.07) is 6.75. The van der Waals surface area contributed by atoms with Crippen LogP contribution in [-0.2, 0) is 11.2 Å². The van der Waals surface area contributed by atoms with Crippen molar-refractivity contribution < 1.29 is 14.7 Å². The van der Waals surface area contributed by atoms with Crippen LogP contribution in [0, 0.1) is 6.92 Å². The highest BCUT2D eigenvalue weighted by Gasteiger charge is 2.11. The minimum atomic E-state index is -0.908. The number of aromatic amines is 1. The van der Waals surface area contributed by atoms with Gasteiger partial charge in [0, 0.05) is 11.4 Å². The third-order valence-corrected chi connectivity index (χ3v) is 2.61. The van der Waals surface area contributed by atoms with Gasteiger partial charge in [0.25, 0.3) is 5.91 Å². The number of carbonyl (C=O) groups is 2. The van der Waals surface area contributed by atoms with Gasteiger partial charge in [0.05, 0.1) is 18.2 Å². The lowest BCUT2D eigenvalue weighted by Gasteiger charge is -2.06. The number of carboxylic acids is 1. The highest BCUT2D eigenvalue weighted by molar-refractivity contribution is 6.04. The standard InChI is InChI=1S/C13H13N3O3/c1-8-11(7-14-16-8)13(19)15-10-4-2-3-9(5-10)6-12(17)18/h2-5,7H,6H2,1H3,(H,14,16)(H,15,19)(H,17,18). The molecular weight excluding hydrogens is 246 g/mol. The van der Waals surface area contributed by atoms with Crippen molar-refractivity contribution in [3.8, 4) is 0 Å². The van der Waals surface area contributed by atoms with Gasteiger partial charge in [-0.3, -0.25) is 14.7 Å². The zero-order valence-corrected chi connectivity index (χ0v) is 10.3. The summed E-state index contributed by atoms with van der Waals surface area (Å²) < 4.78 is 0. The average molecular weight is 259 g/mol. The van der Waals surface area contributed by atoms with Crippen LogP contribution in [0.25, 0.3) is 0 Å². The molecule has 0 unspecified atom stereocenters. The van der Waals surface area contributed by atoms with Crippen molar-refractivity contribution >= 4 is 17.6 Å². The Hall–Kier alpha value is -2.63. The smallest absolute Gasteiger partial charge is 0.307 e. The molecule has 0 fully saturated rings. The van der Waals surface area contributed by atoms with Gasteiger partial charge in [-0.1, -0.05) is 12.1 Å². The molecule has 0 spiro atoms. The van der Waals surface area contributed by atoms with Gasteiger partial charge < -0.3 is 10.4 Å². The lowest BCUT2D eigenvalue weighted by Crippen LogP contribution is -2.12. The largest absolute Gasteiger partial charge is 0.481 e. The lowest BCUT2D eigenvalue weighted by atomic mass is 10.1. The Kier molecular flexibility index (Phi) is 3.61. The van der Waals surface area contributed by atoms with Crippen LogP contribution in [0.1, 0.15) is 21.6 Å². The maximum atomic E-state index is 11.9. The number of H-pyrrole nitrogens is 1. The van der Waals surface area contributed by atoms with Gasteiger partial charge >= 0.3 is 5.97 Å². The second kappa shape index (κ2) is 5.34. The summed E-state index contributed by atoms with van der Waals surface area (Å²) in [6.07, 6.45) is 1.38. The summed E-state index contributed by atoms with van der Waals surface area (Å²) in [5.74, 6) is -1.19. The molecule has 1 aromatic heterocycles. The Morgan fingerprint density at radius 2 is 2.21 bits per heavy atom. The van der Waals surface area contributed by atoms with E-state index in [2.05, 4.69) is 15.5 Å². The second-order valence-corrected chi connectivity index (χ2v) is 4.13. The minimum Gasteiger partial charge on any atom is -0.481 e. The van der Waals surface area contributed by atoms with E-state index in [-0.39, 0.29) is 12.3 Å². The number of aromatic nitrogens is 2. The molecule has 6 heteroatoms. The Balaban J connectivity index is 2.13. The molecular formula is C13H13N3O3. The van der Waals surface area contributed by atoms with Crippen LogP contribution >= 0.6 is 0 Å². The van der Waals surface area contributed by atoms with Crippen molar-refractivity contribution in [3.05, 3.63) is 47.3 Å². The van der Waals surface area contributed by atoms with Crippen LogP contribution in [0.4, 0.5) is 5.69 Å². The van der Waals surface area contributed by atoms with Gasteiger partial charge in [-0.15, -0.1) is 0 Å². The third-order valence-electron chi connectivity index (χ3n) is 2.61. The number of anilines is 1. The fourth-order valence-electron chi connectivity index (χ4n) is 1.71. The van der Waals surface area contributed by atoms with Crippen LogP contribution in [-0.4, -0.2) is 27.2 Å². The SMILES string of the molecule is Cc1[nH]ncc1C(=O)Nc1cccc(CC(=O)O)c1. The first-order chi connectivity index (χ1) is 9.06. The molecule has 0 saturated heterocycles. The van der Waals surface area contributed by atoms with Crippen molar-refractivity contribution in [1.29, 1.82) is 0 Å². The van der Waals surface area contributed by atoms with Gasteiger partial charge in [-0.25, -0.2) is 0 Å². The number of hydrogen-bond donors (Lipinski definition) is 3. The Bertz CT molecular complexity index is 619. The van der Waals surface area contributed by atoms with E-state index in [1.54, 1.807) is 31.2 Å².